The average molecular weight is 319 g/mol. The molecule has 0 aliphatic heterocycles. The zero-order valence-electron chi connectivity index (χ0n) is 12.1. The van der Waals surface area contributed by atoms with Gasteiger partial charge >= 0.3 is 6.03 Å². The zero-order chi connectivity index (χ0) is 15.9. The number of urea groups is 1. The Labute approximate surface area is 131 Å². The quantitative estimate of drug-likeness (QED) is 0.495. The van der Waals surface area contributed by atoms with Crippen molar-refractivity contribution >= 4 is 34.1 Å². The number of amides is 3. The topological polar surface area (TPSA) is 109 Å². The molecule has 0 saturated heterocycles. The lowest BCUT2D eigenvalue weighted by Gasteiger charge is -2.08. The van der Waals surface area contributed by atoms with E-state index >= 15 is 0 Å². The Hall–Kier alpha value is -2.61. The molecule has 0 spiro atoms. The number of carbonyl (C=O) groups is 2. The Morgan fingerprint density at radius 1 is 1.23 bits per heavy atom. The molecule has 5 N–H and O–H groups in total. The van der Waals surface area contributed by atoms with E-state index in [2.05, 4.69) is 20.9 Å². The van der Waals surface area contributed by atoms with Gasteiger partial charge < -0.3 is 16.4 Å². The van der Waals surface area contributed by atoms with Crippen molar-refractivity contribution in [2.45, 2.75) is 6.92 Å². The second kappa shape index (κ2) is 7.41. The maximum atomic E-state index is 11.9. The van der Waals surface area contributed by atoms with Crippen LogP contribution in [0.15, 0.2) is 29.6 Å². The van der Waals surface area contributed by atoms with Crippen LogP contribution in [0.3, 0.4) is 0 Å². The van der Waals surface area contributed by atoms with Gasteiger partial charge in [0.2, 0.25) is 0 Å². The van der Waals surface area contributed by atoms with Crippen LogP contribution in [0.5, 0.6) is 0 Å². The lowest BCUT2D eigenvalue weighted by Crippen LogP contribution is -2.36. The maximum Gasteiger partial charge on any atom is 0.321 e. The third-order valence-electron chi connectivity index (χ3n) is 2.74. The summed E-state index contributed by atoms with van der Waals surface area (Å²) in [7, 11) is 0. The third kappa shape index (κ3) is 4.45. The molecular formula is C14H17N5O2S. The highest BCUT2D eigenvalue weighted by Crippen LogP contribution is 2.13. The lowest BCUT2D eigenvalue weighted by molar-refractivity contribution is 0.0955. The van der Waals surface area contributed by atoms with Gasteiger partial charge in [-0.25, -0.2) is 9.78 Å². The number of nitrogens with one attached hydrogen (secondary N) is 3. The number of thiazole rings is 1. The molecule has 2 aromatic rings. The van der Waals surface area contributed by atoms with Gasteiger partial charge in [-0.3, -0.25) is 10.1 Å². The van der Waals surface area contributed by atoms with Crippen molar-refractivity contribution in [1.29, 1.82) is 0 Å². The number of benzene rings is 1. The summed E-state index contributed by atoms with van der Waals surface area (Å²) < 4.78 is 0. The molecule has 0 saturated carbocycles. The number of anilines is 2. The van der Waals surface area contributed by atoms with E-state index in [0.717, 1.165) is 5.69 Å². The highest BCUT2D eigenvalue weighted by molar-refractivity contribution is 7.13. The number of carbonyl (C=O) groups excluding carboxylic acids is 2. The summed E-state index contributed by atoms with van der Waals surface area (Å²) in [5, 5.41) is 10.3. The lowest BCUT2D eigenvalue weighted by atomic mass is 10.2. The van der Waals surface area contributed by atoms with Crippen molar-refractivity contribution in [3.05, 3.63) is 40.9 Å². The molecule has 0 fully saturated rings. The Morgan fingerprint density at radius 2 is 1.95 bits per heavy atom. The fourth-order valence-electron chi connectivity index (χ4n) is 1.70. The Morgan fingerprint density at radius 3 is 2.64 bits per heavy atom. The minimum atomic E-state index is -0.358. The summed E-state index contributed by atoms with van der Waals surface area (Å²) >= 11 is 1.35. The predicted octanol–water partition coefficient (Wildman–Crippen LogP) is 1.59. The number of aromatic nitrogens is 1. The molecule has 1 aromatic carbocycles. The van der Waals surface area contributed by atoms with E-state index in [1.807, 2.05) is 12.3 Å². The molecule has 0 unspecified atom stereocenters. The van der Waals surface area contributed by atoms with Gasteiger partial charge in [-0.1, -0.05) is 12.1 Å². The van der Waals surface area contributed by atoms with Crippen molar-refractivity contribution in [2.75, 3.05) is 24.1 Å². The summed E-state index contributed by atoms with van der Waals surface area (Å²) in [5.41, 5.74) is 7.41. The van der Waals surface area contributed by atoms with E-state index in [4.69, 9.17) is 5.73 Å². The summed E-state index contributed by atoms with van der Waals surface area (Å²) in [6.07, 6.45) is 0. The van der Waals surface area contributed by atoms with Crippen LogP contribution in [0.2, 0.25) is 0 Å². The average Bonchev–Trinajstić information content (AvgIpc) is 2.89. The minimum Gasteiger partial charge on any atom is -0.398 e. The van der Waals surface area contributed by atoms with Gasteiger partial charge in [-0.2, -0.15) is 0 Å². The summed E-state index contributed by atoms with van der Waals surface area (Å²) in [4.78, 5) is 27.6. The molecule has 1 heterocycles. The van der Waals surface area contributed by atoms with Crippen molar-refractivity contribution in [1.82, 2.24) is 15.6 Å². The van der Waals surface area contributed by atoms with Gasteiger partial charge in [-0.15, -0.1) is 11.3 Å². The van der Waals surface area contributed by atoms with Crippen LogP contribution in [0.25, 0.3) is 0 Å². The molecule has 2 rings (SSSR count). The number of para-hydroxylation sites is 1. The molecule has 0 bridgehead atoms. The summed E-state index contributed by atoms with van der Waals surface area (Å²) in [5.74, 6) is -0.268. The fraction of sp³-hybridized carbons (Fsp3) is 0.214. The van der Waals surface area contributed by atoms with Crippen LogP contribution in [0, 0.1) is 6.92 Å². The molecule has 0 atom stereocenters. The molecule has 116 valence electrons. The predicted molar refractivity (Wildman–Crippen MR) is 87.1 cm³/mol. The zero-order valence-corrected chi connectivity index (χ0v) is 12.9. The summed E-state index contributed by atoms with van der Waals surface area (Å²) in [6, 6.07) is 6.46. The molecule has 0 aliphatic carbocycles. The van der Waals surface area contributed by atoms with Gasteiger partial charge in [0, 0.05) is 24.2 Å². The molecule has 0 aliphatic rings. The van der Waals surface area contributed by atoms with E-state index in [1.54, 1.807) is 24.3 Å². The molecule has 8 heteroatoms. The molecule has 3 amide bonds. The second-order valence-corrected chi connectivity index (χ2v) is 5.38. The van der Waals surface area contributed by atoms with Crippen molar-refractivity contribution < 1.29 is 9.59 Å². The first-order valence-electron chi connectivity index (χ1n) is 6.66. The largest absolute Gasteiger partial charge is 0.398 e. The highest BCUT2D eigenvalue weighted by atomic mass is 32.1. The monoisotopic (exact) mass is 319 g/mol. The minimum absolute atomic E-state index is 0.268. The van der Waals surface area contributed by atoms with E-state index in [-0.39, 0.29) is 11.9 Å². The van der Waals surface area contributed by atoms with Gasteiger partial charge in [0.25, 0.3) is 5.91 Å². The van der Waals surface area contributed by atoms with E-state index < -0.39 is 0 Å². The molecule has 22 heavy (non-hydrogen) atoms. The normalized spacial score (nSPS) is 10.0. The molecule has 0 radical (unpaired) electrons. The van der Waals surface area contributed by atoms with Gasteiger partial charge in [0.15, 0.2) is 5.13 Å². The number of hydrogen-bond acceptors (Lipinski definition) is 5. The van der Waals surface area contributed by atoms with Crippen LogP contribution >= 0.6 is 11.3 Å². The molecular weight excluding hydrogens is 302 g/mol. The van der Waals surface area contributed by atoms with Crippen LogP contribution < -0.4 is 21.7 Å². The molecule has 1 aromatic heterocycles. The number of aryl methyl sites for hydroxylation is 1. The number of hydrogen-bond donors (Lipinski definition) is 4. The summed E-state index contributed by atoms with van der Waals surface area (Å²) in [6.45, 7) is 2.45. The van der Waals surface area contributed by atoms with Crippen LogP contribution in [0.1, 0.15) is 16.1 Å². The van der Waals surface area contributed by atoms with Gasteiger partial charge in [0.05, 0.1) is 11.3 Å². The van der Waals surface area contributed by atoms with Gasteiger partial charge in [0.1, 0.15) is 0 Å². The Bertz CT molecular complexity index is 671. The van der Waals surface area contributed by atoms with E-state index in [1.165, 1.54) is 11.3 Å². The maximum absolute atomic E-state index is 11.9. The fourth-order valence-corrected chi connectivity index (χ4v) is 2.39. The smallest absolute Gasteiger partial charge is 0.321 e. The molecule has 7 nitrogen and oxygen atoms in total. The Balaban J connectivity index is 1.70. The van der Waals surface area contributed by atoms with Crippen molar-refractivity contribution in [3.8, 4) is 0 Å². The third-order valence-corrected chi connectivity index (χ3v) is 3.62. The van der Waals surface area contributed by atoms with Crippen LogP contribution in [-0.4, -0.2) is 30.0 Å². The van der Waals surface area contributed by atoms with Crippen molar-refractivity contribution in [3.63, 3.8) is 0 Å². The first-order valence-corrected chi connectivity index (χ1v) is 7.54. The highest BCUT2D eigenvalue weighted by Gasteiger charge is 2.08. The van der Waals surface area contributed by atoms with Gasteiger partial charge in [-0.05, 0) is 19.1 Å². The van der Waals surface area contributed by atoms with Crippen LogP contribution in [-0.2, 0) is 0 Å². The number of nitrogens with two attached hydrogens (primary N) is 1. The van der Waals surface area contributed by atoms with E-state index in [0.29, 0.717) is 29.5 Å². The standard InChI is InChI=1S/C14H17N5O2S/c1-9-8-22-14(18-9)19-13(21)17-7-6-16-12(20)10-4-2-3-5-11(10)15/h2-5,8H,6-7,15H2,1H3,(H,16,20)(H2,17,18,19,21). The van der Waals surface area contributed by atoms with Crippen LogP contribution in [0.4, 0.5) is 15.6 Å². The second-order valence-electron chi connectivity index (χ2n) is 4.52. The van der Waals surface area contributed by atoms with E-state index in [9.17, 15) is 9.59 Å². The number of rotatable bonds is 5. The SMILES string of the molecule is Cc1csc(NC(=O)NCCNC(=O)c2ccccc2N)n1. The number of nitrogen functional groups attached to an aromatic ring is 1. The first kappa shape index (κ1) is 15.8. The number of nitrogens with zero attached hydrogens (tertiary/aromatic N) is 1. The van der Waals surface area contributed by atoms with Crippen molar-refractivity contribution in [2.24, 2.45) is 0 Å². The first-order chi connectivity index (χ1) is 10.6. The Kier molecular flexibility index (Phi) is 5.31.